The van der Waals surface area contributed by atoms with Crippen LogP contribution in [0.1, 0.15) is 34.3 Å². The summed E-state index contributed by atoms with van der Waals surface area (Å²) >= 11 is 6.17. The summed E-state index contributed by atoms with van der Waals surface area (Å²) in [5.74, 6) is 0.0634. The third-order valence-corrected chi connectivity index (χ3v) is 6.78. The van der Waals surface area contributed by atoms with Crippen molar-refractivity contribution in [1.29, 1.82) is 0 Å². The highest BCUT2D eigenvalue weighted by Crippen LogP contribution is 2.21. The van der Waals surface area contributed by atoms with Crippen LogP contribution in [0, 0.1) is 0 Å². The first-order chi connectivity index (χ1) is 16.0. The summed E-state index contributed by atoms with van der Waals surface area (Å²) in [4.78, 5) is 25.4. The fraction of sp³-hybridized carbons (Fsp3) is 0.440. The second-order valence-electron chi connectivity index (χ2n) is 8.24. The molecule has 0 aliphatic carbocycles. The van der Waals surface area contributed by atoms with E-state index in [1.807, 2.05) is 54.8 Å². The smallest absolute Gasteiger partial charge is 0.328 e. The van der Waals surface area contributed by atoms with Crippen LogP contribution in [-0.2, 0) is 16.0 Å². The van der Waals surface area contributed by atoms with Crippen molar-refractivity contribution < 1.29 is 14.3 Å². The Morgan fingerprint density at radius 2 is 2.03 bits per heavy atom. The molecule has 1 saturated heterocycles. The highest BCUT2D eigenvalue weighted by molar-refractivity contribution is 7.98. The minimum absolute atomic E-state index is 0.264. The number of methoxy groups -OCH3 is 1. The number of benzene rings is 2. The molecule has 6 nitrogen and oxygen atoms in total. The molecule has 1 aliphatic heterocycles. The van der Waals surface area contributed by atoms with Crippen molar-refractivity contribution in [2.75, 3.05) is 37.5 Å². The first-order valence-corrected chi connectivity index (χ1v) is 13.1. The van der Waals surface area contributed by atoms with Gasteiger partial charge in [0.05, 0.1) is 7.11 Å². The van der Waals surface area contributed by atoms with E-state index < -0.39 is 12.0 Å². The highest BCUT2D eigenvalue weighted by Gasteiger charge is 2.24. The highest BCUT2D eigenvalue weighted by atomic mass is 32.2. The summed E-state index contributed by atoms with van der Waals surface area (Å²) < 4.78 is 4.90. The van der Waals surface area contributed by atoms with Crippen LogP contribution in [-0.4, -0.2) is 61.4 Å². The third-order valence-electron chi connectivity index (χ3n) is 5.74. The lowest BCUT2D eigenvalue weighted by Gasteiger charge is -2.19. The van der Waals surface area contributed by atoms with Crippen molar-refractivity contribution in [3.05, 3.63) is 65.2 Å². The standard InChI is InChI=1S/C25H33N3O3S2/c1-31-25(30)23(10-11-33-2)28-24(29)22-9-8-19(26-15-20-14-21(32)16-27-20)13-18(22)12-17-6-4-3-5-7-17/h3-9,13,20-21,23,26-27,32H,10-12,14-16H2,1-2H3,(H,28,29)/t20-,21-,23-/m0/s1. The molecule has 178 valence electrons. The fourth-order valence-electron chi connectivity index (χ4n) is 3.94. The maximum atomic E-state index is 13.2. The van der Waals surface area contributed by atoms with Gasteiger partial charge in [-0.2, -0.15) is 24.4 Å². The van der Waals surface area contributed by atoms with Crippen LogP contribution in [0.4, 0.5) is 5.69 Å². The first kappa shape index (κ1) is 25.5. The molecule has 0 bridgehead atoms. The predicted molar refractivity (Wildman–Crippen MR) is 140 cm³/mol. The Morgan fingerprint density at radius 1 is 1.24 bits per heavy atom. The molecule has 1 fully saturated rings. The van der Waals surface area contributed by atoms with Crippen LogP contribution in [0.25, 0.3) is 0 Å². The van der Waals surface area contributed by atoms with Gasteiger partial charge >= 0.3 is 5.97 Å². The number of amides is 1. The van der Waals surface area contributed by atoms with Gasteiger partial charge < -0.3 is 20.7 Å². The van der Waals surface area contributed by atoms with Gasteiger partial charge in [-0.25, -0.2) is 4.79 Å². The van der Waals surface area contributed by atoms with E-state index in [4.69, 9.17) is 4.74 Å². The van der Waals surface area contributed by atoms with Gasteiger partial charge in [-0.15, -0.1) is 0 Å². The van der Waals surface area contributed by atoms with E-state index in [0.717, 1.165) is 42.1 Å². The molecule has 1 heterocycles. The van der Waals surface area contributed by atoms with E-state index in [9.17, 15) is 9.59 Å². The zero-order chi connectivity index (χ0) is 23.6. The number of anilines is 1. The van der Waals surface area contributed by atoms with E-state index in [0.29, 0.717) is 29.7 Å². The molecule has 2 aromatic rings. The Bertz CT molecular complexity index is 926. The first-order valence-electron chi connectivity index (χ1n) is 11.2. The Labute approximate surface area is 206 Å². The van der Waals surface area contributed by atoms with Gasteiger partial charge in [0.15, 0.2) is 0 Å². The maximum Gasteiger partial charge on any atom is 0.328 e. The Hall–Kier alpha value is -2.16. The van der Waals surface area contributed by atoms with Crippen molar-refractivity contribution in [2.45, 2.75) is 36.6 Å². The Morgan fingerprint density at radius 3 is 2.70 bits per heavy atom. The summed E-state index contributed by atoms with van der Waals surface area (Å²) in [7, 11) is 1.34. The zero-order valence-electron chi connectivity index (χ0n) is 19.2. The summed E-state index contributed by atoms with van der Waals surface area (Å²) in [6.45, 7) is 1.72. The number of esters is 1. The molecule has 3 N–H and O–H groups in total. The summed E-state index contributed by atoms with van der Waals surface area (Å²) in [5.41, 5.74) is 3.56. The van der Waals surface area contributed by atoms with Crippen LogP contribution in [0.2, 0.25) is 0 Å². The lowest BCUT2D eigenvalue weighted by Crippen LogP contribution is -2.42. The van der Waals surface area contributed by atoms with Gasteiger partial charge in [-0.05, 0) is 60.6 Å². The van der Waals surface area contributed by atoms with Crippen LogP contribution in [0.5, 0.6) is 0 Å². The van der Waals surface area contributed by atoms with Crippen LogP contribution < -0.4 is 16.0 Å². The SMILES string of the molecule is COC(=O)[C@H](CCSC)NC(=O)c1ccc(NC[C@@H]2C[C@H](S)CN2)cc1Cc1ccccc1. The lowest BCUT2D eigenvalue weighted by molar-refractivity contribution is -0.142. The number of hydrogen-bond donors (Lipinski definition) is 4. The van der Waals surface area contributed by atoms with Crippen LogP contribution in [0.15, 0.2) is 48.5 Å². The summed E-state index contributed by atoms with van der Waals surface area (Å²) in [6.07, 6.45) is 4.14. The topological polar surface area (TPSA) is 79.5 Å². The minimum Gasteiger partial charge on any atom is -0.467 e. The van der Waals surface area contributed by atoms with E-state index in [1.54, 1.807) is 11.8 Å². The monoisotopic (exact) mass is 487 g/mol. The molecule has 2 aromatic carbocycles. The quantitative estimate of drug-likeness (QED) is 0.288. The molecule has 0 saturated carbocycles. The number of rotatable bonds is 11. The molecular formula is C25H33N3O3S2. The molecule has 0 radical (unpaired) electrons. The Kier molecular flexibility index (Phi) is 9.96. The molecule has 0 aromatic heterocycles. The number of carbonyl (C=O) groups is 2. The molecule has 3 rings (SSSR count). The third kappa shape index (κ3) is 7.69. The Balaban J connectivity index is 1.79. The largest absolute Gasteiger partial charge is 0.467 e. The normalized spacial score (nSPS) is 18.5. The van der Waals surface area contributed by atoms with E-state index in [1.165, 1.54) is 7.11 Å². The van der Waals surface area contributed by atoms with Crippen molar-refractivity contribution in [3.8, 4) is 0 Å². The van der Waals surface area contributed by atoms with Gasteiger partial charge in [0.1, 0.15) is 6.04 Å². The van der Waals surface area contributed by atoms with Crippen molar-refractivity contribution in [1.82, 2.24) is 10.6 Å². The van der Waals surface area contributed by atoms with Gasteiger partial charge in [-0.3, -0.25) is 4.79 Å². The van der Waals surface area contributed by atoms with E-state index in [-0.39, 0.29) is 5.91 Å². The van der Waals surface area contributed by atoms with E-state index in [2.05, 4.69) is 28.6 Å². The minimum atomic E-state index is -0.667. The number of hydrogen-bond acceptors (Lipinski definition) is 7. The molecule has 33 heavy (non-hydrogen) atoms. The lowest BCUT2D eigenvalue weighted by atomic mass is 9.98. The molecule has 3 atom stereocenters. The predicted octanol–water partition coefficient (Wildman–Crippen LogP) is 3.37. The number of thioether (sulfide) groups is 1. The van der Waals surface area contributed by atoms with Gasteiger partial charge in [0.25, 0.3) is 5.91 Å². The second-order valence-corrected chi connectivity index (χ2v) is 9.96. The molecule has 1 amide bonds. The maximum absolute atomic E-state index is 13.2. The van der Waals surface area contributed by atoms with Crippen molar-refractivity contribution in [2.24, 2.45) is 0 Å². The number of thiol groups is 1. The summed E-state index contributed by atoms with van der Waals surface area (Å²) in [6, 6.07) is 15.6. The second kappa shape index (κ2) is 12.9. The van der Waals surface area contributed by atoms with Crippen LogP contribution >= 0.6 is 24.4 Å². The van der Waals surface area contributed by atoms with Crippen molar-refractivity contribution in [3.63, 3.8) is 0 Å². The molecule has 8 heteroatoms. The molecular weight excluding hydrogens is 454 g/mol. The molecule has 0 unspecified atom stereocenters. The fourth-order valence-corrected chi connectivity index (χ4v) is 4.78. The van der Waals surface area contributed by atoms with Gasteiger partial charge in [0.2, 0.25) is 0 Å². The van der Waals surface area contributed by atoms with Crippen molar-refractivity contribution >= 4 is 42.0 Å². The number of nitrogens with one attached hydrogen (secondary N) is 3. The van der Waals surface area contributed by atoms with E-state index >= 15 is 0 Å². The summed E-state index contributed by atoms with van der Waals surface area (Å²) in [5, 5.41) is 10.2. The zero-order valence-corrected chi connectivity index (χ0v) is 20.9. The average molecular weight is 488 g/mol. The molecule has 0 spiro atoms. The average Bonchev–Trinajstić information content (AvgIpc) is 3.25. The molecule has 1 aliphatic rings. The number of ether oxygens (including phenoxy) is 1. The van der Waals surface area contributed by atoms with Crippen LogP contribution in [0.3, 0.4) is 0 Å². The number of carbonyl (C=O) groups excluding carboxylic acids is 2. The van der Waals surface area contributed by atoms with Gasteiger partial charge in [-0.1, -0.05) is 30.3 Å². The van der Waals surface area contributed by atoms with Gasteiger partial charge in [0, 0.05) is 35.6 Å².